The molecule has 0 bridgehead atoms. The second kappa shape index (κ2) is 4.79. The van der Waals surface area contributed by atoms with Crippen LogP contribution < -0.4 is 0 Å². The van der Waals surface area contributed by atoms with Crippen LogP contribution in [0.5, 0.6) is 5.75 Å². The van der Waals surface area contributed by atoms with Crippen LogP contribution in [0.3, 0.4) is 0 Å². The van der Waals surface area contributed by atoms with Gasteiger partial charge in [0.2, 0.25) is 0 Å². The quantitative estimate of drug-likeness (QED) is 0.670. The summed E-state index contributed by atoms with van der Waals surface area (Å²) in [7, 11) is 0. The molecule has 1 aromatic heterocycles. The van der Waals surface area contributed by atoms with Gasteiger partial charge < -0.3 is 5.11 Å². The number of phenols is 1. The fourth-order valence-electron chi connectivity index (χ4n) is 1.85. The lowest BCUT2D eigenvalue weighted by Crippen LogP contribution is -1.92. The van der Waals surface area contributed by atoms with Gasteiger partial charge >= 0.3 is 0 Å². The summed E-state index contributed by atoms with van der Waals surface area (Å²) >= 11 is 9.39. The molecular formula is C14H8BrClN2O. The molecule has 1 N–H and O–H groups in total. The molecule has 3 nitrogen and oxygen atoms in total. The van der Waals surface area contributed by atoms with Crippen LogP contribution in [0.25, 0.3) is 22.3 Å². The summed E-state index contributed by atoms with van der Waals surface area (Å²) < 4.78 is 0.674. The van der Waals surface area contributed by atoms with E-state index in [-0.39, 0.29) is 5.75 Å². The molecule has 0 aliphatic carbocycles. The predicted octanol–water partition coefficient (Wildman–Crippen LogP) is 4.42. The number of para-hydroxylation sites is 1. The van der Waals surface area contributed by atoms with Gasteiger partial charge in [-0.15, -0.1) is 0 Å². The van der Waals surface area contributed by atoms with Crippen molar-refractivity contribution in [1.29, 1.82) is 0 Å². The van der Waals surface area contributed by atoms with Crippen LogP contribution in [0.2, 0.25) is 5.02 Å². The number of fused-ring (bicyclic) bond motifs is 1. The first kappa shape index (κ1) is 12.4. The van der Waals surface area contributed by atoms with Gasteiger partial charge in [-0.2, -0.15) is 0 Å². The Labute approximate surface area is 123 Å². The molecule has 5 heteroatoms. The molecule has 3 aromatic rings. The summed E-state index contributed by atoms with van der Waals surface area (Å²) in [6.45, 7) is 0. The number of nitrogens with zero attached hydrogens (tertiary/aromatic N) is 2. The summed E-state index contributed by atoms with van der Waals surface area (Å²) in [5, 5.41) is 11.4. The van der Waals surface area contributed by atoms with Crippen molar-refractivity contribution in [2.24, 2.45) is 0 Å². The molecule has 19 heavy (non-hydrogen) atoms. The van der Waals surface area contributed by atoms with E-state index in [1.807, 2.05) is 12.1 Å². The zero-order valence-corrected chi connectivity index (χ0v) is 12.0. The van der Waals surface area contributed by atoms with E-state index >= 15 is 0 Å². The highest BCUT2D eigenvalue weighted by atomic mass is 79.9. The predicted molar refractivity (Wildman–Crippen MR) is 79.3 cm³/mol. The Morgan fingerprint density at radius 2 is 1.84 bits per heavy atom. The highest BCUT2D eigenvalue weighted by Crippen LogP contribution is 2.30. The summed E-state index contributed by atoms with van der Waals surface area (Å²) in [6, 6.07) is 12.4. The normalized spacial score (nSPS) is 10.8. The van der Waals surface area contributed by atoms with Crippen molar-refractivity contribution in [3.05, 3.63) is 52.1 Å². The molecule has 0 aliphatic heterocycles. The Morgan fingerprint density at radius 3 is 2.63 bits per heavy atom. The maximum atomic E-state index is 9.86. The Morgan fingerprint density at radius 1 is 1.05 bits per heavy atom. The Kier molecular flexibility index (Phi) is 3.12. The molecule has 3 rings (SSSR count). The van der Waals surface area contributed by atoms with Crippen molar-refractivity contribution < 1.29 is 5.11 Å². The van der Waals surface area contributed by atoms with E-state index < -0.39 is 0 Å². The van der Waals surface area contributed by atoms with Crippen molar-refractivity contribution >= 4 is 38.4 Å². The molecule has 0 saturated carbocycles. The molecule has 0 radical (unpaired) electrons. The molecule has 0 aliphatic rings. The average Bonchev–Trinajstić information content (AvgIpc) is 2.38. The van der Waals surface area contributed by atoms with Gasteiger partial charge in [-0.05, 0) is 46.3 Å². The number of rotatable bonds is 1. The summed E-state index contributed by atoms with van der Waals surface area (Å²) in [5.41, 5.74) is 1.32. The number of aromatic nitrogens is 2. The highest BCUT2D eigenvalue weighted by Gasteiger charge is 2.10. The second-order valence-electron chi connectivity index (χ2n) is 4.02. The van der Waals surface area contributed by atoms with Crippen molar-refractivity contribution in [2.75, 3.05) is 0 Å². The lowest BCUT2D eigenvalue weighted by Gasteiger charge is -2.06. The van der Waals surface area contributed by atoms with E-state index in [1.165, 1.54) is 0 Å². The number of halogens is 2. The number of benzene rings is 2. The maximum absolute atomic E-state index is 9.86. The molecule has 1 heterocycles. The van der Waals surface area contributed by atoms with Gasteiger partial charge in [-0.3, -0.25) is 0 Å². The molecule has 2 aromatic carbocycles. The smallest absolute Gasteiger partial charge is 0.164 e. The van der Waals surface area contributed by atoms with E-state index in [4.69, 9.17) is 11.6 Å². The van der Waals surface area contributed by atoms with E-state index in [2.05, 4.69) is 25.9 Å². The largest absolute Gasteiger partial charge is 0.507 e. The van der Waals surface area contributed by atoms with Crippen LogP contribution in [0.1, 0.15) is 0 Å². The molecule has 0 unspecified atom stereocenters. The van der Waals surface area contributed by atoms with Gasteiger partial charge in [-0.25, -0.2) is 9.97 Å². The van der Waals surface area contributed by atoms with E-state index in [0.29, 0.717) is 21.0 Å². The molecule has 0 spiro atoms. The summed E-state index contributed by atoms with van der Waals surface area (Å²) in [4.78, 5) is 8.81. The van der Waals surface area contributed by atoms with Gasteiger partial charge in [0, 0.05) is 10.4 Å². The van der Waals surface area contributed by atoms with Crippen LogP contribution in [0.4, 0.5) is 0 Å². The number of phenolic OH excluding ortho intramolecular Hbond substituents is 1. The standard InChI is InChI=1S/C14H8BrClN2O/c15-13-9-6-5-8(16)7-11(9)17-14(18-13)10-3-1-2-4-12(10)19/h1-7,19H. The topological polar surface area (TPSA) is 46.0 Å². The third-order valence-electron chi connectivity index (χ3n) is 2.76. The zero-order valence-electron chi connectivity index (χ0n) is 9.64. The van der Waals surface area contributed by atoms with Crippen LogP contribution in [0.15, 0.2) is 47.1 Å². The van der Waals surface area contributed by atoms with Crippen LogP contribution >= 0.6 is 27.5 Å². The molecule has 0 saturated heterocycles. The molecule has 94 valence electrons. The first-order valence-corrected chi connectivity index (χ1v) is 6.73. The molecular weight excluding hydrogens is 328 g/mol. The second-order valence-corrected chi connectivity index (χ2v) is 5.20. The third kappa shape index (κ3) is 2.29. The monoisotopic (exact) mass is 334 g/mol. The minimum Gasteiger partial charge on any atom is -0.507 e. The van der Waals surface area contributed by atoms with Crippen molar-refractivity contribution in [2.45, 2.75) is 0 Å². The van der Waals surface area contributed by atoms with Gasteiger partial charge in [0.15, 0.2) is 5.82 Å². The van der Waals surface area contributed by atoms with Crippen LogP contribution in [-0.2, 0) is 0 Å². The molecule has 0 atom stereocenters. The lowest BCUT2D eigenvalue weighted by molar-refractivity contribution is 0.477. The maximum Gasteiger partial charge on any atom is 0.164 e. The molecule has 0 amide bonds. The van der Waals surface area contributed by atoms with Crippen molar-refractivity contribution in [3.63, 3.8) is 0 Å². The van der Waals surface area contributed by atoms with E-state index in [1.54, 1.807) is 30.3 Å². The van der Waals surface area contributed by atoms with Gasteiger partial charge in [0.05, 0.1) is 11.1 Å². The van der Waals surface area contributed by atoms with Crippen molar-refractivity contribution in [1.82, 2.24) is 9.97 Å². The van der Waals surface area contributed by atoms with Gasteiger partial charge in [0.1, 0.15) is 10.4 Å². The summed E-state index contributed by atoms with van der Waals surface area (Å²) in [5.74, 6) is 0.607. The summed E-state index contributed by atoms with van der Waals surface area (Å²) in [6.07, 6.45) is 0. The van der Waals surface area contributed by atoms with E-state index in [9.17, 15) is 5.11 Å². The number of hydrogen-bond donors (Lipinski definition) is 1. The Hall–Kier alpha value is -1.65. The minimum atomic E-state index is 0.149. The first-order valence-electron chi connectivity index (χ1n) is 5.56. The number of hydrogen-bond acceptors (Lipinski definition) is 3. The number of aromatic hydroxyl groups is 1. The van der Waals surface area contributed by atoms with Crippen LogP contribution in [-0.4, -0.2) is 15.1 Å². The first-order chi connectivity index (χ1) is 9.15. The third-order valence-corrected chi connectivity index (χ3v) is 3.60. The Balaban J connectivity index is 2.29. The fraction of sp³-hybridized carbons (Fsp3) is 0. The average molecular weight is 336 g/mol. The molecule has 0 fully saturated rings. The van der Waals surface area contributed by atoms with Gasteiger partial charge in [-0.1, -0.05) is 23.7 Å². The lowest BCUT2D eigenvalue weighted by atomic mass is 10.1. The zero-order chi connectivity index (χ0) is 13.4. The van der Waals surface area contributed by atoms with Crippen LogP contribution in [0, 0.1) is 0 Å². The van der Waals surface area contributed by atoms with Crippen molar-refractivity contribution in [3.8, 4) is 17.1 Å². The van der Waals surface area contributed by atoms with E-state index in [0.717, 1.165) is 10.9 Å². The minimum absolute atomic E-state index is 0.149. The fourth-order valence-corrected chi connectivity index (χ4v) is 2.52. The SMILES string of the molecule is Oc1ccccc1-c1nc(Br)c2ccc(Cl)cc2n1. The van der Waals surface area contributed by atoms with Gasteiger partial charge in [0.25, 0.3) is 0 Å². The highest BCUT2D eigenvalue weighted by molar-refractivity contribution is 9.10. The Bertz CT molecular complexity index is 776.